The molecule has 0 aromatic carbocycles. The smallest absolute Gasteiger partial charge is 0.274 e. The van der Waals surface area contributed by atoms with Crippen LogP contribution in [0, 0.1) is 5.41 Å². The van der Waals surface area contributed by atoms with E-state index in [2.05, 4.69) is 49.2 Å². The average Bonchev–Trinajstić information content (AvgIpc) is 3.61. The van der Waals surface area contributed by atoms with E-state index in [1.807, 2.05) is 0 Å². The summed E-state index contributed by atoms with van der Waals surface area (Å²) in [6.45, 7) is 0.558. The van der Waals surface area contributed by atoms with E-state index in [1.54, 1.807) is 0 Å². The molecule has 0 aliphatic carbocycles. The SMILES string of the molecule is CC(C)(COP(=O)([O-])OP(=O)([O-])OC[C@H]1O[C@@H](n2cnc3c(N)ncnc32)[C@H](O)[C@@H]1OP(=O)([O-])[O-])[C@@H](O)C(=O)NCCC(=O)NCCSC(=O)CC[NH3+]. The minimum absolute atomic E-state index is 0.0217. The number of aliphatic hydroxyl groups is 2. The van der Waals surface area contributed by atoms with Gasteiger partial charge in [-0.25, -0.2) is 19.3 Å². The molecule has 3 rings (SSSR count). The Bertz CT molecular complexity index is 1750. The van der Waals surface area contributed by atoms with Gasteiger partial charge in [0.25, 0.3) is 15.6 Å². The molecule has 1 aliphatic rings. The molecule has 1 saturated heterocycles. The van der Waals surface area contributed by atoms with Crippen molar-refractivity contribution in [1.29, 1.82) is 0 Å². The number of ether oxygens (including phenoxy) is 1. The van der Waals surface area contributed by atoms with Crippen LogP contribution in [-0.4, -0.2) is 110 Å². The van der Waals surface area contributed by atoms with Crippen LogP contribution in [0.15, 0.2) is 12.7 Å². The van der Waals surface area contributed by atoms with Gasteiger partial charge in [-0.2, -0.15) is 0 Å². The van der Waals surface area contributed by atoms with Crippen molar-refractivity contribution in [3.8, 4) is 0 Å². The van der Waals surface area contributed by atoms with E-state index in [4.69, 9.17) is 10.5 Å². The van der Waals surface area contributed by atoms with E-state index in [-0.39, 0.29) is 41.6 Å². The summed E-state index contributed by atoms with van der Waals surface area (Å²) < 4.78 is 60.3. The number of phosphoric acid groups is 3. The molecular weight excluding hydrogens is 797 g/mol. The minimum Gasteiger partial charge on any atom is -0.790 e. The number of hydrogen-bond donors (Lipinski definition) is 6. The van der Waals surface area contributed by atoms with Gasteiger partial charge in [0.15, 0.2) is 22.8 Å². The fraction of sp³-hybridized carbons (Fsp3) is 0.667. The average molecular weight is 836 g/mol. The second-order valence-electron chi connectivity index (χ2n) is 11.8. The van der Waals surface area contributed by atoms with Crippen molar-refractivity contribution in [2.24, 2.45) is 5.41 Å². The zero-order valence-corrected chi connectivity index (χ0v) is 31.5. The normalized spacial score (nSPS) is 22.2. The summed E-state index contributed by atoms with van der Waals surface area (Å²) in [7, 11) is -17.6. The Kier molecular flexibility index (Phi) is 16.0. The Morgan fingerprint density at radius 1 is 1.09 bits per heavy atom. The first kappa shape index (κ1) is 44.9. The quantitative estimate of drug-likeness (QED) is 0.0505. The van der Waals surface area contributed by atoms with Gasteiger partial charge < -0.3 is 74.8 Å². The van der Waals surface area contributed by atoms with Crippen LogP contribution in [0.2, 0.25) is 0 Å². The molecule has 9 N–H and O–H groups in total. The van der Waals surface area contributed by atoms with Gasteiger partial charge in [-0.05, 0) is 0 Å². The number of nitrogens with zero attached hydrogens (tertiary/aromatic N) is 4. The Hall–Kier alpha value is -2.48. The number of carbonyl (C=O) groups is 3. The number of aromatic nitrogens is 4. The third-order valence-corrected chi connectivity index (χ3v) is 11.1. The highest BCUT2D eigenvalue weighted by molar-refractivity contribution is 8.13. The molecule has 2 amide bonds. The van der Waals surface area contributed by atoms with Gasteiger partial charge >= 0.3 is 0 Å². The number of imidazole rings is 1. The lowest BCUT2D eigenvalue weighted by atomic mass is 9.87. The van der Waals surface area contributed by atoms with Gasteiger partial charge in [0.1, 0.15) is 36.3 Å². The third kappa shape index (κ3) is 13.6. The third-order valence-electron chi connectivity index (χ3n) is 7.12. The number of quaternary nitrogens is 1. The van der Waals surface area contributed by atoms with Gasteiger partial charge in [0.05, 0.1) is 40.3 Å². The van der Waals surface area contributed by atoms with Crippen LogP contribution in [-0.2, 0) is 50.7 Å². The van der Waals surface area contributed by atoms with Crippen molar-refractivity contribution in [3.63, 3.8) is 0 Å². The number of carbonyl (C=O) groups excluding carboxylic acids is 3. The molecule has 0 radical (unpaired) electrons. The Balaban J connectivity index is 1.52. The molecule has 300 valence electrons. The number of anilines is 1. The van der Waals surface area contributed by atoms with Crippen LogP contribution in [0.4, 0.5) is 5.82 Å². The lowest BCUT2D eigenvalue weighted by molar-refractivity contribution is -0.365. The van der Waals surface area contributed by atoms with Crippen LogP contribution < -0.4 is 41.7 Å². The number of phosphoric ester groups is 3. The van der Waals surface area contributed by atoms with E-state index in [0.717, 1.165) is 29.0 Å². The van der Waals surface area contributed by atoms with Gasteiger partial charge in [0, 0.05) is 30.7 Å². The first-order valence-corrected chi connectivity index (χ1v) is 20.7. The van der Waals surface area contributed by atoms with Gasteiger partial charge in [0.2, 0.25) is 11.8 Å². The molecule has 0 saturated carbocycles. The van der Waals surface area contributed by atoms with E-state index in [9.17, 15) is 57.9 Å². The maximum absolute atomic E-state index is 12.5. The fourth-order valence-electron chi connectivity index (χ4n) is 4.49. The molecule has 2 aromatic rings. The summed E-state index contributed by atoms with van der Waals surface area (Å²) in [6.07, 6.45) is -7.26. The van der Waals surface area contributed by atoms with Gasteiger partial charge in [-0.15, -0.1) is 0 Å². The molecule has 0 bridgehead atoms. The fourth-order valence-corrected chi connectivity index (χ4v) is 7.95. The highest BCUT2D eigenvalue weighted by Crippen LogP contribution is 2.56. The van der Waals surface area contributed by atoms with Crippen molar-refractivity contribution >= 4 is 69.1 Å². The standard InChI is InChI=1S/C24H41N8O17P3S/c1-24(2,19(36)22(37)28-6-4-14(33)27-7-8-53-15(34)3-5-25)10-46-52(43,44)49-51(41,42)45-9-13-18(48-50(38,39)40)17(35)23(47-13)32-12-31-16-20(26)29-11-30-21(16)32/h11-13,17-19,23,35-36H,3-10,25H2,1-2H3,(H,27,33)(H,28,37)(H,41,42)(H,43,44)(H2,26,29,30)(H2,38,39,40)/p-3/t13-,17-,18-,19+,23-/m1/s1. The first-order chi connectivity index (χ1) is 24.6. The zero-order chi connectivity index (χ0) is 39.8. The molecule has 7 atom stereocenters. The maximum atomic E-state index is 12.5. The molecule has 0 spiro atoms. The van der Waals surface area contributed by atoms with Crippen molar-refractivity contribution in [3.05, 3.63) is 12.7 Å². The van der Waals surface area contributed by atoms with Gasteiger partial charge in [-0.3, -0.25) is 28.1 Å². The number of amides is 2. The number of aliphatic hydroxyl groups excluding tert-OH is 2. The van der Waals surface area contributed by atoms with Crippen LogP contribution >= 0.6 is 35.2 Å². The van der Waals surface area contributed by atoms with E-state index < -0.39 is 84.6 Å². The minimum atomic E-state index is -5.91. The number of fused-ring (bicyclic) bond motifs is 1. The summed E-state index contributed by atoms with van der Waals surface area (Å²) >= 11 is 1.04. The van der Waals surface area contributed by atoms with E-state index in [0.29, 0.717) is 18.7 Å². The maximum Gasteiger partial charge on any atom is 0.274 e. The molecule has 2 aromatic heterocycles. The molecule has 29 heteroatoms. The van der Waals surface area contributed by atoms with E-state index in [1.165, 1.54) is 13.8 Å². The number of rotatable bonds is 21. The first-order valence-electron chi connectivity index (χ1n) is 15.3. The lowest BCUT2D eigenvalue weighted by Gasteiger charge is -2.36. The Morgan fingerprint density at radius 3 is 2.43 bits per heavy atom. The largest absolute Gasteiger partial charge is 0.790 e. The Morgan fingerprint density at radius 2 is 1.77 bits per heavy atom. The zero-order valence-electron chi connectivity index (χ0n) is 28.0. The molecule has 3 heterocycles. The molecule has 1 aliphatic heterocycles. The predicted octanol–water partition coefficient (Wildman–Crippen LogP) is -5.23. The number of nitrogens with two attached hydrogens (primary N) is 1. The van der Waals surface area contributed by atoms with Crippen LogP contribution in [0.5, 0.6) is 0 Å². The van der Waals surface area contributed by atoms with Crippen molar-refractivity contribution in [1.82, 2.24) is 30.2 Å². The summed E-state index contributed by atoms with van der Waals surface area (Å²) in [5.74, 6) is -1.21. The number of nitrogen functional groups attached to an aromatic ring is 1. The second-order valence-corrected chi connectivity index (χ2v) is 17.0. The van der Waals surface area contributed by atoms with Gasteiger partial charge in [-0.1, -0.05) is 25.6 Å². The van der Waals surface area contributed by atoms with Crippen molar-refractivity contribution in [2.75, 3.05) is 44.3 Å². The molecule has 25 nitrogen and oxygen atoms in total. The highest BCUT2D eigenvalue weighted by atomic mass is 32.2. The van der Waals surface area contributed by atoms with Crippen molar-refractivity contribution < 1.29 is 86.2 Å². The molecular formula is C24H38N8O17P3S-3. The summed E-state index contributed by atoms with van der Waals surface area (Å²) in [6, 6.07) is 0. The van der Waals surface area contributed by atoms with Crippen LogP contribution in [0.3, 0.4) is 0 Å². The van der Waals surface area contributed by atoms with Crippen LogP contribution in [0.25, 0.3) is 11.2 Å². The molecule has 2 unspecified atom stereocenters. The molecule has 1 fully saturated rings. The van der Waals surface area contributed by atoms with Crippen LogP contribution in [0.1, 0.15) is 32.9 Å². The predicted molar refractivity (Wildman–Crippen MR) is 171 cm³/mol. The molecule has 53 heavy (non-hydrogen) atoms. The van der Waals surface area contributed by atoms with Crippen molar-refractivity contribution in [2.45, 2.75) is 57.3 Å². The summed E-state index contributed by atoms with van der Waals surface area (Å²) in [5.41, 5.74) is 7.64. The summed E-state index contributed by atoms with van der Waals surface area (Å²) in [4.78, 5) is 95.1. The Labute approximate surface area is 304 Å². The number of nitrogens with one attached hydrogen (secondary N) is 2. The highest BCUT2D eigenvalue weighted by Gasteiger charge is 2.47. The lowest BCUT2D eigenvalue weighted by Crippen LogP contribution is -2.50. The number of thioether (sulfide) groups is 1. The summed E-state index contributed by atoms with van der Waals surface area (Å²) in [5, 5.41) is 26.0. The monoisotopic (exact) mass is 835 g/mol. The number of hydrogen-bond acceptors (Lipinski definition) is 22. The topological polar surface area (TPSA) is 403 Å². The van der Waals surface area contributed by atoms with E-state index >= 15 is 0 Å². The second kappa shape index (κ2) is 18.9.